The highest BCUT2D eigenvalue weighted by Gasteiger charge is 2.07. The molecule has 0 amide bonds. The van der Waals surface area contributed by atoms with Crippen LogP contribution in [-0.4, -0.2) is 14.5 Å². The van der Waals surface area contributed by atoms with Crippen LogP contribution in [0.25, 0.3) is 16.9 Å². The fourth-order valence-electron chi connectivity index (χ4n) is 1.81. The second-order valence-corrected chi connectivity index (χ2v) is 4.15. The van der Waals surface area contributed by atoms with Crippen LogP contribution in [0.3, 0.4) is 0 Å². The fourth-order valence-corrected chi connectivity index (χ4v) is 2.02. The first-order valence-corrected chi connectivity index (χ1v) is 5.54. The molecular formula is C13H9ClN2O. The summed E-state index contributed by atoms with van der Waals surface area (Å²) in [5.74, 6) is 1.05. The van der Waals surface area contributed by atoms with Crippen molar-refractivity contribution in [3.63, 3.8) is 0 Å². The van der Waals surface area contributed by atoms with Crippen LogP contribution < -0.4 is 0 Å². The van der Waals surface area contributed by atoms with Crippen molar-refractivity contribution in [2.45, 2.75) is 0 Å². The Kier molecular flexibility index (Phi) is 2.27. The molecule has 0 saturated carbocycles. The molecule has 0 aliphatic heterocycles. The highest BCUT2D eigenvalue weighted by Crippen LogP contribution is 2.25. The molecule has 1 aromatic carbocycles. The standard InChI is InChI=1S/C13H9ClN2O/c14-11-2-1-7-16-12(11)8-15-13(16)9-3-5-10(17)6-4-9/h1-8,17H. The van der Waals surface area contributed by atoms with Gasteiger partial charge in [-0.3, -0.25) is 4.40 Å². The van der Waals surface area contributed by atoms with Gasteiger partial charge in [0.15, 0.2) is 0 Å². The summed E-state index contributed by atoms with van der Waals surface area (Å²) >= 11 is 6.08. The van der Waals surface area contributed by atoms with Gasteiger partial charge in [-0.1, -0.05) is 11.6 Å². The Bertz CT molecular complexity index is 673. The Morgan fingerprint density at radius 2 is 1.88 bits per heavy atom. The molecule has 17 heavy (non-hydrogen) atoms. The Morgan fingerprint density at radius 3 is 2.65 bits per heavy atom. The Hall–Kier alpha value is -2.00. The normalized spacial score (nSPS) is 10.9. The van der Waals surface area contributed by atoms with Crippen molar-refractivity contribution in [2.24, 2.45) is 0 Å². The van der Waals surface area contributed by atoms with Gasteiger partial charge in [0.1, 0.15) is 11.6 Å². The summed E-state index contributed by atoms with van der Waals surface area (Å²) in [6, 6.07) is 10.6. The molecule has 0 radical (unpaired) electrons. The molecule has 3 aromatic rings. The summed E-state index contributed by atoms with van der Waals surface area (Å²) in [6.45, 7) is 0. The molecule has 2 heterocycles. The van der Waals surface area contributed by atoms with E-state index in [1.807, 2.05) is 34.9 Å². The number of fused-ring (bicyclic) bond motifs is 1. The lowest BCUT2D eigenvalue weighted by Gasteiger charge is -2.02. The van der Waals surface area contributed by atoms with E-state index < -0.39 is 0 Å². The van der Waals surface area contributed by atoms with Crippen LogP contribution in [0.5, 0.6) is 5.75 Å². The maximum absolute atomic E-state index is 9.26. The van der Waals surface area contributed by atoms with E-state index in [1.54, 1.807) is 18.3 Å². The second kappa shape index (κ2) is 3.79. The van der Waals surface area contributed by atoms with Gasteiger partial charge in [-0.15, -0.1) is 0 Å². The molecular weight excluding hydrogens is 236 g/mol. The number of hydrogen-bond donors (Lipinski definition) is 1. The molecule has 0 aliphatic carbocycles. The molecule has 4 heteroatoms. The molecule has 3 nitrogen and oxygen atoms in total. The van der Waals surface area contributed by atoms with Crippen molar-refractivity contribution in [2.75, 3.05) is 0 Å². The van der Waals surface area contributed by atoms with Crippen LogP contribution in [-0.2, 0) is 0 Å². The molecule has 84 valence electrons. The lowest BCUT2D eigenvalue weighted by Crippen LogP contribution is -1.88. The number of rotatable bonds is 1. The minimum Gasteiger partial charge on any atom is -0.508 e. The number of phenols is 1. The number of halogens is 1. The monoisotopic (exact) mass is 244 g/mol. The SMILES string of the molecule is Oc1ccc(-c2ncc3c(Cl)cccn23)cc1. The third kappa shape index (κ3) is 1.65. The third-order valence-electron chi connectivity index (χ3n) is 2.64. The van der Waals surface area contributed by atoms with E-state index in [0.717, 1.165) is 16.9 Å². The zero-order valence-electron chi connectivity index (χ0n) is 8.84. The van der Waals surface area contributed by atoms with Crippen LogP contribution >= 0.6 is 11.6 Å². The number of hydrogen-bond acceptors (Lipinski definition) is 2. The van der Waals surface area contributed by atoms with Crippen molar-refractivity contribution >= 4 is 17.1 Å². The Labute approximate surface area is 103 Å². The van der Waals surface area contributed by atoms with E-state index in [4.69, 9.17) is 11.6 Å². The van der Waals surface area contributed by atoms with Crippen LogP contribution in [0, 0.1) is 0 Å². The molecule has 0 aliphatic rings. The van der Waals surface area contributed by atoms with E-state index in [1.165, 1.54) is 0 Å². The van der Waals surface area contributed by atoms with Crippen molar-refractivity contribution in [1.29, 1.82) is 0 Å². The lowest BCUT2D eigenvalue weighted by molar-refractivity contribution is 0.475. The molecule has 0 atom stereocenters. The van der Waals surface area contributed by atoms with Gasteiger partial charge in [-0.2, -0.15) is 0 Å². The van der Waals surface area contributed by atoms with Crippen LogP contribution in [0.2, 0.25) is 5.02 Å². The van der Waals surface area contributed by atoms with Gasteiger partial charge >= 0.3 is 0 Å². The molecule has 0 saturated heterocycles. The predicted octanol–water partition coefficient (Wildman–Crippen LogP) is 3.36. The predicted molar refractivity (Wildman–Crippen MR) is 67.3 cm³/mol. The minimum atomic E-state index is 0.243. The number of benzene rings is 1. The van der Waals surface area contributed by atoms with Gasteiger partial charge < -0.3 is 5.11 Å². The quantitative estimate of drug-likeness (QED) is 0.713. The van der Waals surface area contributed by atoms with Crippen molar-refractivity contribution in [3.05, 3.63) is 53.8 Å². The second-order valence-electron chi connectivity index (χ2n) is 3.74. The number of pyridine rings is 1. The first-order valence-electron chi connectivity index (χ1n) is 5.17. The number of aromatic hydroxyl groups is 1. The van der Waals surface area contributed by atoms with Crippen LogP contribution in [0.15, 0.2) is 48.8 Å². The maximum Gasteiger partial charge on any atom is 0.144 e. The smallest absolute Gasteiger partial charge is 0.144 e. The van der Waals surface area contributed by atoms with Gasteiger partial charge in [0, 0.05) is 11.8 Å². The molecule has 1 N–H and O–H groups in total. The highest BCUT2D eigenvalue weighted by atomic mass is 35.5. The van der Waals surface area contributed by atoms with Crippen molar-refractivity contribution in [1.82, 2.24) is 9.38 Å². The lowest BCUT2D eigenvalue weighted by atomic mass is 10.2. The van der Waals surface area contributed by atoms with E-state index in [-0.39, 0.29) is 5.75 Å². The van der Waals surface area contributed by atoms with Crippen LogP contribution in [0.4, 0.5) is 0 Å². The number of imidazole rings is 1. The maximum atomic E-state index is 9.26. The van der Waals surface area contributed by atoms with E-state index in [0.29, 0.717) is 5.02 Å². The summed E-state index contributed by atoms with van der Waals surface area (Å²) in [4.78, 5) is 4.35. The molecule has 2 aromatic heterocycles. The van der Waals surface area contributed by atoms with Gasteiger partial charge in [0.25, 0.3) is 0 Å². The van der Waals surface area contributed by atoms with Gasteiger partial charge in [-0.05, 0) is 36.4 Å². The van der Waals surface area contributed by atoms with Crippen LogP contribution in [0.1, 0.15) is 0 Å². The Morgan fingerprint density at radius 1 is 1.12 bits per heavy atom. The zero-order chi connectivity index (χ0) is 11.8. The number of phenolic OH excluding ortho intramolecular Hbond substituents is 1. The summed E-state index contributed by atoms with van der Waals surface area (Å²) in [5, 5.41) is 9.93. The van der Waals surface area contributed by atoms with E-state index in [2.05, 4.69) is 4.98 Å². The van der Waals surface area contributed by atoms with Gasteiger partial charge in [0.2, 0.25) is 0 Å². The topological polar surface area (TPSA) is 37.5 Å². The number of nitrogens with zero attached hydrogens (tertiary/aromatic N) is 2. The summed E-state index contributed by atoms with van der Waals surface area (Å²) in [6.07, 6.45) is 3.65. The van der Waals surface area contributed by atoms with Gasteiger partial charge in [0.05, 0.1) is 16.7 Å². The first-order chi connectivity index (χ1) is 8.25. The Balaban J connectivity index is 2.24. The van der Waals surface area contributed by atoms with E-state index in [9.17, 15) is 5.11 Å². The zero-order valence-corrected chi connectivity index (χ0v) is 9.59. The van der Waals surface area contributed by atoms with Crippen molar-refractivity contribution in [3.8, 4) is 17.1 Å². The molecule has 3 rings (SSSR count). The molecule has 0 spiro atoms. The number of aromatic nitrogens is 2. The minimum absolute atomic E-state index is 0.243. The third-order valence-corrected chi connectivity index (χ3v) is 2.96. The largest absolute Gasteiger partial charge is 0.508 e. The molecule has 0 unspecified atom stereocenters. The van der Waals surface area contributed by atoms with Crippen molar-refractivity contribution < 1.29 is 5.11 Å². The highest BCUT2D eigenvalue weighted by molar-refractivity contribution is 6.33. The first kappa shape index (κ1) is 10.2. The average Bonchev–Trinajstić information content (AvgIpc) is 2.75. The summed E-state index contributed by atoms with van der Waals surface area (Å²) < 4.78 is 1.93. The summed E-state index contributed by atoms with van der Waals surface area (Å²) in [7, 11) is 0. The summed E-state index contributed by atoms with van der Waals surface area (Å²) in [5.41, 5.74) is 1.81. The fraction of sp³-hybridized carbons (Fsp3) is 0. The average molecular weight is 245 g/mol. The van der Waals surface area contributed by atoms with Gasteiger partial charge in [-0.25, -0.2) is 4.98 Å². The van der Waals surface area contributed by atoms with E-state index >= 15 is 0 Å². The molecule has 0 fully saturated rings. The molecule has 0 bridgehead atoms.